The highest BCUT2D eigenvalue weighted by atomic mass is 19.3. The van der Waals surface area contributed by atoms with Crippen LogP contribution in [0.4, 0.5) is 23.7 Å². The lowest BCUT2D eigenvalue weighted by Gasteiger charge is -2.29. The number of alkyl halides is 2. The molecule has 1 aliphatic rings. The van der Waals surface area contributed by atoms with Gasteiger partial charge < -0.3 is 20.3 Å². The molecule has 34 heavy (non-hydrogen) atoms. The van der Waals surface area contributed by atoms with Crippen molar-refractivity contribution in [1.82, 2.24) is 15.2 Å². The molecule has 3 aromatic rings. The normalized spacial score (nSPS) is 19.0. The summed E-state index contributed by atoms with van der Waals surface area (Å²) in [4.78, 5) is 18.3. The number of pyridine rings is 1. The van der Waals surface area contributed by atoms with E-state index in [2.05, 4.69) is 15.6 Å². The van der Waals surface area contributed by atoms with Gasteiger partial charge in [-0.2, -0.15) is 0 Å². The van der Waals surface area contributed by atoms with Crippen LogP contribution in [-0.4, -0.2) is 43.2 Å². The molecule has 0 bridgehead atoms. The first-order valence-electron chi connectivity index (χ1n) is 11.0. The zero-order chi connectivity index (χ0) is 24.5. The first kappa shape index (κ1) is 23.8. The quantitative estimate of drug-likeness (QED) is 0.506. The number of nitrogens with one attached hydrogen (secondary N) is 2. The molecule has 4 rings (SSSR count). The van der Waals surface area contributed by atoms with Gasteiger partial charge in [-0.25, -0.2) is 18.0 Å². The molecular formula is C25H27F3N4O2. The van der Waals surface area contributed by atoms with Crippen LogP contribution in [0.25, 0.3) is 10.9 Å². The fraction of sp³-hybridized carbons (Fsp3) is 0.360. The fourth-order valence-electron chi connectivity index (χ4n) is 4.57. The number of hydrogen-bond donors (Lipinski definition) is 2. The molecule has 2 N–H and O–H groups in total. The van der Waals surface area contributed by atoms with Crippen LogP contribution >= 0.6 is 0 Å². The van der Waals surface area contributed by atoms with E-state index in [-0.39, 0.29) is 11.6 Å². The number of urea groups is 1. The molecule has 6 nitrogen and oxygen atoms in total. The molecule has 0 radical (unpaired) electrons. The number of rotatable bonds is 6. The maximum atomic E-state index is 14.7. The van der Waals surface area contributed by atoms with Gasteiger partial charge >= 0.3 is 6.03 Å². The summed E-state index contributed by atoms with van der Waals surface area (Å²) in [7, 11) is 3.22. The lowest BCUT2D eigenvalue weighted by atomic mass is 9.91. The summed E-state index contributed by atoms with van der Waals surface area (Å²) >= 11 is 0. The summed E-state index contributed by atoms with van der Waals surface area (Å²) in [6, 6.07) is 10.8. The number of aromatic nitrogens is 1. The Balaban J connectivity index is 1.69. The highest BCUT2D eigenvalue weighted by molar-refractivity contribution is 5.92. The monoisotopic (exact) mass is 472 g/mol. The minimum absolute atomic E-state index is 0.157. The van der Waals surface area contributed by atoms with Crippen molar-refractivity contribution >= 4 is 22.6 Å². The molecule has 180 valence electrons. The summed E-state index contributed by atoms with van der Waals surface area (Å²) in [5, 5.41) is 6.68. The lowest BCUT2D eigenvalue weighted by molar-refractivity contribution is -0.00305. The number of hydrogen-bond acceptors (Lipinski definition) is 4. The van der Waals surface area contributed by atoms with Crippen LogP contribution in [0.1, 0.15) is 42.5 Å². The Kier molecular flexibility index (Phi) is 6.65. The van der Waals surface area contributed by atoms with Gasteiger partial charge in [0.05, 0.1) is 23.7 Å². The predicted molar refractivity (Wildman–Crippen MR) is 124 cm³/mol. The molecule has 2 atom stereocenters. The summed E-state index contributed by atoms with van der Waals surface area (Å²) in [5.74, 6) is -0.907. The Labute approximate surface area is 196 Å². The van der Waals surface area contributed by atoms with E-state index in [0.717, 1.165) is 22.5 Å². The second-order valence-corrected chi connectivity index (χ2v) is 8.43. The molecule has 0 aliphatic carbocycles. The average Bonchev–Trinajstić information content (AvgIpc) is 3.29. The van der Waals surface area contributed by atoms with Gasteiger partial charge in [-0.3, -0.25) is 4.98 Å². The van der Waals surface area contributed by atoms with E-state index in [1.807, 2.05) is 18.2 Å². The van der Waals surface area contributed by atoms with Crippen LogP contribution in [0.2, 0.25) is 0 Å². The van der Waals surface area contributed by atoms with Gasteiger partial charge in [0.2, 0.25) is 0 Å². The zero-order valence-corrected chi connectivity index (χ0v) is 19.2. The molecule has 9 heteroatoms. The highest BCUT2D eigenvalue weighted by Gasteiger charge is 2.41. The van der Waals surface area contributed by atoms with Crippen LogP contribution in [-0.2, 0) is 10.3 Å². The van der Waals surface area contributed by atoms with Gasteiger partial charge in [0, 0.05) is 50.0 Å². The zero-order valence-electron chi connectivity index (χ0n) is 19.2. The Morgan fingerprint density at radius 3 is 2.68 bits per heavy atom. The maximum Gasteiger partial charge on any atom is 0.317 e. The average molecular weight is 473 g/mol. The number of methoxy groups -OCH3 is 1. The number of benzene rings is 2. The van der Waals surface area contributed by atoms with Crippen LogP contribution in [0, 0.1) is 5.82 Å². The summed E-state index contributed by atoms with van der Waals surface area (Å²) in [5.41, 5.74) is 1.17. The first-order chi connectivity index (χ1) is 16.3. The third-order valence-corrected chi connectivity index (χ3v) is 6.52. The van der Waals surface area contributed by atoms with Crippen molar-refractivity contribution in [2.24, 2.45) is 0 Å². The molecule has 0 spiro atoms. The third kappa shape index (κ3) is 4.27. The number of fused-ring (bicyclic) bond motifs is 1. The van der Waals surface area contributed by atoms with E-state index in [1.165, 1.54) is 12.1 Å². The van der Waals surface area contributed by atoms with Crippen molar-refractivity contribution in [3.8, 4) is 0 Å². The molecule has 1 fully saturated rings. The van der Waals surface area contributed by atoms with Gasteiger partial charge in [0.1, 0.15) is 11.4 Å². The van der Waals surface area contributed by atoms with Gasteiger partial charge in [0.15, 0.2) is 0 Å². The van der Waals surface area contributed by atoms with Crippen molar-refractivity contribution in [3.63, 3.8) is 0 Å². The molecule has 1 aromatic heterocycles. The van der Waals surface area contributed by atoms with Crippen LogP contribution in [0.3, 0.4) is 0 Å². The number of ether oxygens (including phenoxy) is 1. The Hall–Kier alpha value is -3.33. The van der Waals surface area contributed by atoms with Gasteiger partial charge in [-0.05, 0) is 30.7 Å². The maximum absolute atomic E-state index is 14.7. The smallest absolute Gasteiger partial charge is 0.317 e. The second kappa shape index (κ2) is 9.50. The lowest BCUT2D eigenvalue weighted by Crippen LogP contribution is -2.39. The summed E-state index contributed by atoms with van der Waals surface area (Å²) in [6.45, 7) is 2.68. The second-order valence-electron chi connectivity index (χ2n) is 8.43. The predicted octanol–water partition coefficient (Wildman–Crippen LogP) is 5.37. The molecule has 0 saturated carbocycles. The van der Waals surface area contributed by atoms with E-state index < -0.39 is 29.4 Å². The molecule has 2 aromatic carbocycles. The van der Waals surface area contributed by atoms with Gasteiger partial charge in [-0.1, -0.05) is 24.3 Å². The van der Waals surface area contributed by atoms with E-state index in [9.17, 15) is 18.0 Å². The minimum Gasteiger partial charge on any atom is -0.378 e. The van der Waals surface area contributed by atoms with E-state index in [4.69, 9.17) is 4.74 Å². The minimum atomic E-state index is -2.89. The number of amides is 2. The molecule has 0 unspecified atom stereocenters. The SMILES string of the molecule is CNC(=O)N1CC[C@](OC)(c2ccc3nccc(N[C@H](C)c4cccc(C(F)F)c4F)c3c2)C1. The van der Waals surface area contributed by atoms with Gasteiger partial charge in [-0.15, -0.1) is 0 Å². The van der Waals surface area contributed by atoms with E-state index in [0.29, 0.717) is 25.2 Å². The van der Waals surface area contributed by atoms with Crippen LogP contribution in [0.15, 0.2) is 48.7 Å². The van der Waals surface area contributed by atoms with Crippen molar-refractivity contribution < 1.29 is 22.7 Å². The standard InChI is InChI=1S/C25H27F3N4O2/c1-15(17-5-4-6-18(22(17)26)23(27)28)31-21-9-11-30-20-8-7-16(13-19(20)21)25(34-3)10-12-32(14-25)24(33)29-2/h4-9,11,13,15,23H,10,12,14H2,1-3H3,(H,29,33)(H,30,31)/t15-,25-/m1/s1. The van der Waals surface area contributed by atoms with Crippen molar-refractivity contribution in [2.75, 3.05) is 32.6 Å². The van der Waals surface area contributed by atoms with Gasteiger partial charge in [0.25, 0.3) is 6.43 Å². The Morgan fingerprint density at radius 1 is 1.21 bits per heavy atom. The number of nitrogens with zero attached hydrogens (tertiary/aromatic N) is 2. The number of halogens is 3. The largest absolute Gasteiger partial charge is 0.378 e. The molecular weight excluding hydrogens is 445 g/mol. The number of carbonyl (C=O) groups is 1. The molecule has 1 aliphatic heterocycles. The Morgan fingerprint density at radius 2 is 1.97 bits per heavy atom. The molecule has 2 amide bonds. The van der Waals surface area contributed by atoms with Crippen molar-refractivity contribution in [2.45, 2.75) is 31.4 Å². The fourth-order valence-corrected chi connectivity index (χ4v) is 4.57. The molecule has 1 saturated heterocycles. The number of anilines is 1. The Bertz CT molecular complexity index is 1210. The van der Waals surface area contributed by atoms with Crippen LogP contribution < -0.4 is 10.6 Å². The molecule has 2 heterocycles. The van der Waals surface area contributed by atoms with E-state index in [1.54, 1.807) is 38.2 Å². The number of likely N-dealkylation sites (tertiary alicyclic amines) is 1. The van der Waals surface area contributed by atoms with Crippen molar-refractivity contribution in [3.05, 3.63) is 71.2 Å². The third-order valence-electron chi connectivity index (χ3n) is 6.52. The highest BCUT2D eigenvalue weighted by Crippen LogP contribution is 2.38. The first-order valence-corrected chi connectivity index (χ1v) is 11.0. The topological polar surface area (TPSA) is 66.5 Å². The summed E-state index contributed by atoms with van der Waals surface area (Å²) < 4.78 is 46.9. The van der Waals surface area contributed by atoms with Crippen LogP contribution in [0.5, 0.6) is 0 Å². The number of carbonyl (C=O) groups excluding carboxylic acids is 1. The van der Waals surface area contributed by atoms with Crippen molar-refractivity contribution in [1.29, 1.82) is 0 Å². The van der Waals surface area contributed by atoms with E-state index >= 15 is 0 Å². The summed E-state index contributed by atoms with van der Waals surface area (Å²) in [6.07, 6.45) is -0.617.